The molecule has 16 heavy (non-hydrogen) atoms. The fraction of sp³-hybridized carbons (Fsp3) is 1.00. The molecule has 0 aliphatic carbocycles. The van der Waals surface area contributed by atoms with Gasteiger partial charge in [0.05, 0.1) is 0 Å². The van der Waals surface area contributed by atoms with Gasteiger partial charge in [-0.2, -0.15) is 0 Å². The summed E-state index contributed by atoms with van der Waals surface area (Å²) < 4.78 is 0. The number of rotatable bonds is 6. The summed E-state index contributed by atoms with van der Waals surface area (Å²) in [5, 5.41) is 0. The van der Waals surface area contributed by atoms with E-state index >= 15 is 0 Å². The van der Waals surface area contributed by atoms with Crippen LogP contribution in [-0.4, -0.2) is 13.4 Å². The lowest BCUT2D eigenvalue weighted by Gasteiger charge is -2.39. The zero-order valence-corrected chi connectivity index (χ0v) is 16.0. The lowest BCUT2D eigenvalue weighted by molar-refractivity contribution is 0.842. The second-order valence-electron chi connectivity index (χ2n) is 5.54. The van der Waals surface area contributed by atoms with E-state index in [4.69, 9.17) is 0 Å². The smallest absolute Gasteiger partial charge is 0.126 e. The summed E-state index contributed by atoms with van der Waals surface area (Å²) in [6.45, 7) is 2.61. The molecule has 0 bridgehead atoms. The Bertz CT molecular complexity index is 193. The van der Waals surface area contributed by atoms with Crippen molar-refractivity contribution in [1.29, 1.82) is 0 Å². The molecule has 0 aromatic carbocycles. The highest BCUT2D eigenvalue weighted by atomic mass is 79.9. The number of unbranched alkanes of at least 4 members (excludes halogenated alkanes) is 2. The first-order chi connectivity index (χ1) is 7.54. The summed E-state index contributed by atoms with van der Waals surface area (Å²) in [6, 6.07) is 6.13. The maximum absolute atomic E-state index is 4.21. The van der Waals surface area contributed by atoms with Crippen molar-refractivity contribution in [3.63, 3.8) is 0 Å². The van der Waals surface area contributed by atoms with Crippen LogP contribution in [0.25, 0.3) is 0 Å². The summed E-state index contributed by atoms with van der Waals surface area (Å²) in [6.07, 6.45) is 7.13. The van der Waals surface area contributed by atoms with Crippen LogP contribution in [-0.2, 0) is 0 Å². The van der Waals surface area contributed by atoms with E-state index in [1.54, 1.807) is 17.8 Å². The van der Waals surface area contributed by atoms with E-state index < -0.39 is 13.4 Å². The highest BCUT2D eigenvalue weighted by molar-refractivity contribution is 9.27. The van der Waals surface area contributed by atoms with Gasteiger partial charge in [-0.15, -0.1) is 30.6 Å². The molecule has 1 heterocycles. The molecular formula is C12H26Br2Si2. The van der Waals surface area contributed by atoms with Gasteiger partial charge in [-0.25, -0.2) is 0 Å². The Hall–Kier alpha value is 1.39. The predicted molar refractivity (Wildman–Crippen MR) is 87.8 cm³/mol. The van der Waals surface area contributed by atoms with Crippen molar-refractivity contribution in [1.82, 2.24) is 0 Å². The molecule has 0 aromatic heterocycles. The quantitative estimate of drug-likeness (QED) is 0.376. The summed E-state index contributed by atoms with van der Waals surface area (Å²) in [5.74, 6) is 0. The van der Waals surface area contributed by atoms with Gasteiger partial charge in [-0.3, -0.25) is 0 Å². The zero-order valence-electron chi connectivity index (χ0n) is 10.8. The summed E-state index contributed by atoms with van der Waals surface area (Å²) in [7, 11) is 0. The van der Waals surface area contributed by atoms with Crippen molar-refractivity contribution < 1.29 is 0 Å². The molecule has 0 amide bonds. The van der Waals surface area contributed by atoms with Crippen molar-refractivity contribution in [3.05, 3.63) is 0 Å². The van der Waals surface area contributed by atoms with E-state index in [1.807, 2.05) is 0 Å². The molecule has 4 heteroatoms. The lowest BCUT2D eigenvalue weighted by atomic mass is 10.4. The molecule has 1 saturated heterocycles. The molecule has 0 aromatic rings. The fourth-order valence-corrected chi connectivity index (χ4v) is 31.1. The minimum Gasteiger partial charge on any atom is -0.126 e. The van der Waals surface area contributed by atoms with Crippen LogP contribution in [0.2, 0.25) is 29.8 Å². The van der Waals surface area contributed by atoms with Gasteiger partial charge in [0.1, 0.15) is 13.4 Å². The van der Waals surface area contributed by atoms with Gasteiger partial charge in [-0.1, -0.05) is 46.0 Å². The Labute approximate surface area is 119 Å². The van der Waals surface area contributed by atoms with Gasteiger partial charge in [0.2, 0.25) is 0 Å². The Morgan fingerprint density at radius 3 is 1.69 bits per heavy atom. The normalized spacial score (nSPS) is 35.2. The van der Waals surface area contributed by atoms with Gasteiger partial charge in [0.15, 0.2) is 0 Å². The fourth-order valence-electron chi connectivity index (χ4n) is 2.88. The molecule has 2 atom stereocenters. The van der Waals surface area contributed by atoms with Crippen LogP contribution in [0, 0.1) is 0 Å². The Morgan fingerprint density at radius 2 is 1.31 bits per heavy atom. The first-order valence-corrected chi connectivity index (χ1v) is 16.7. The third-order valence-corrected chi connectivity index (χ3v) is 23.7. The Morgan fingerprint density at radius 1 is 0.875 bits per heavy atom. The SMILES string of the molecule is CCCC[Si]1(Br)CCC[Si](Br)(CCCC)C1. The van der Waals surface area contributed by atoms with E-state index in [9.17, 15) is 0 Å². The van der Waals surface area contributed by atoms with Crippen molar-refractivity contribution in [2.75, 3.05) is 0 Å². The highest BCUT2D eigenvalue weighted by Crippen LogP contribution is 2.46. The first kappa shape index (κ1) is 15.5. The van der Waals surface area contributed by atoms with Gasteiger partial charge in [0, 0.05) is 0 Å². The lowest BCUT2D eigenvalue weighted by Crippen LogP contribution is -2.43. The van der Waals surface area contributed by atoms with Crippen LogP contribution in [0.15, 0.2) is 0 Å². The van der Waals surface area contributed by atoms with Gasteiger partial charge >= 0.3 is 0 Å². The van der Waals surface area contributed by atoms with Crippen molar-refractivity contribution >= 4 is 44.0 Å². The van der Waals surface area contributed by atoms with Crippen molar-refractivity contribution in [2.24, 2.45) is 0 Å². The second-order valence-corrected chi connectivity index (χ2v) is 23.7. The second kappa shape index (κ2) is 7.10. The van der Waals surface area contributed by atoms with Crippen LogP contribution >= 0.6 is 30.6 Å². The molecule has 0 nitrogen and oxygen atoms in total. The topological polar surface area (TPSA) is 0 Å². The largest absolute Gasteiger partial charge is 0.128 e. The maximum atomic E-state index is 4.21. The molecule has 1 rings (SSSR count). The predicted octanol–water partition coefficient (Wildman–Crippen LogP) is 6.21. The number of halogens is 2. The molecule has 0 spiro atoms. The van der Waals surface area contributed by atoms with Gasteiger partial charge < -0.3 is 0 Å². The standard InChI is InChI=1S/C12H26Br2Si2/c1-3-5-8-15(13)10-7-11-16(14,12-15)9-6-4-2/h3-12H2,1-2H3. The molecule has 0 radical (unpaired) electrons. The van der Waals surface area contributed by atoms with E-state index in [-0.39, 0.29) is 0 Å². The van der Waals surface area contributed by atoms with Gasteiger partial charge in [0.25, 0.3) is 0 Å². The van der Waals surface area contributed by atoms with Crippen molar-refractivity contribution in [2.45, 2.75) is 75.8 Å². The molecule has 1 fully saturated rings. The maximum Gasteiger partial charge on any atom is 0.128 e. The Balaban J connectivity index is 2.50. The van der Waals surface area contributed by atoms with Gasteiger partial charge in [-0.05, 0) is 29.8 Å². The van der Waals surface area contributed by atoms with E-state index in [0.717, 1.165) is 0 Å². The molecule has 96 valence electrons. The van der Waals surface area contributed by atoms with Crippen LogP contribution < -0.4 is 0 Å². The first-order valence-electron chi connectivity index (χ1n) is 6.91. The minimum atomic E-state index is -1.02. The zero-order chi connectivity index (χ0) is 12.1. The monoisotopic (exact) mass is 384 g/mol. The summed E-state index contributed by atoms with van der Waals surface area (Å²) in [4.78, 5) is 0. The van der Waals surface area contributed by atoms with E-state index in [2.05, 4.69) is 44.4 Å². The highest BCUT2D eigenvalue weighted by Gasteiger charge is 2.44. The average Bonchev–Trinajstić information content (AvgIpc) is 2.24. The summed E-state index contributed by atoms with van der Waals surface area (Å²) in [5.41, 5.74) is 1.60. The molecule has 2 unspecified atom stereocenters. The van der Waals surface area contributed by atoms with E-state index in [1.165, 1.54) is 44.2 Å². The molecule has 0 N–H and O–H groups in total. The molecule has 1 aliphatic rings. The minimum absolute atomic E-state index is 1.02. The molecule has 0 saturated carbocycles. The third kappa shape index (κ3) is 4.95. The Kier molecular flexibility index (Phi) is 6.86. The molecule has 1 aliphatic heterocycles. The summed E-state index contributed by atoms with van der Waals surface area (Å²) >= 11 is 8.42. The van der Waals surface area contributed by atoms with Crippen LogP contribution in [0.5, 0.6) is 0 Å². The molecular weight excluding hydrogens is 360 g/mol. The van der Waals surface area contributed by atoms with E-state index in [0.29, 0.717) is 0 Å². The average molecular weight is 386 g/mol. The number of hydrogen-bond acceptors (Lipinski definition) is 0. The van der Waals surface area contributed by atoms with Crippen LogP contribution in [0.3, 0.4) is 0 Å². The van der Waals surface area contributed by atoms with Crippen LogP contribution in [0.4, 0.5) is 0 Å². The number of hydrogen-bond donors (Lipinski definition) is 0. The third-order valence-electron chi connectivity index (χ3n) is 3.84. The van der Waals surface area contributed by atoms with Crippen LogP contribution in [0.1, 0.15) is 46.0 Å². The van der Waals surface area contributed by atoms with Crippen molar-refractivity contribution in [3.8, 4) is 0 Å².